The molecule has 0 aliphatic carbocycles. The Bertz CT molecular complexity index is 470. The molecule has 0 aromatic carbocycles. The van der Waals surface area contributed by atoms with Crippen LogP contribution < -0.4 is 10.6 Å². The van der Waals surface area contributed by atoms with Crippen LogP contribution in [-0.4, -0.2) is 44.3 Å². The molecule has 1 aromatic rings. The van der Waals surface area contributed by atoms with Gasteiger partial charge in [-0.1, -0.05) is 0 Å². The number of nitrogens with zero attached hydrogens (tertiary/aromatic N) is 3. The topological polar surface area (TPSA) is 126 Å². The van der Waals surface area contributed by atoms with E-state index in [0.29, 0.717) is 18.8 Å². The van der Waals surface area contributed by atoms with E-state index in [1.165, 1.54) is 0 Å². The predicted molar refractivity (Wildman–Crippen MR) is 63.1 cm³/mol. The van der Waals surface area contributed by atoms with Crippen molar-refractivity contribution in [1.29, 1.82) is 0 Å². The Labute approximate surface area is 109 Å². The summed E-state index contributed by atoms with van der Waals surface area (Å²) in [4.78, 5) is 32.6. The van der Waals surface area contributed by atoms with Crippen molar-refractivity contribution >= 4 is 17.9 Å². The van der Waals surface area contributed by atoms with Gasteiger partial charge in [0.15, 0.2) is 0 Å². The second kappa shape index (κ2) is 7.09. The molecule has 0 spiro atoms. The first-order valence-corrected chi connectivity index (χ1v) is 5.61. The molecule has 3 amide bonds. The average molecular weight is 269 g/mol. The van der Waals surface area contributed by atoms with Crippen LogP contribution in [0.2, 0.25) is 0 Å². The Hall–Kier alpha value is -2.45. The SMILES string of the molecule is Cn1cnnc1CCNC(=O)NC(=O)CCC(=O)O. The molecule has 0 saturated heterocycles. The number of hydrogen-bond acceptors (Lipinski definition) is 5. The van der Waals surface area contributed by atoms with E-state index < -0.39 is 17.9 Å². The minimum atomic E-state index is -1.09. The van der Waals surface area contributed by atoms with Crippen LogP contribution >= 0.6 is 0 Å². The molecule has 0 atom stereocenters. The van der Waals surface area contributed by atoms with E-state index in [9.17, 15) is 14.4 Å². The van der Waals surface area contributed by atoms with E-state index >= 15 is 0 Å². The largest absolute Gasteiger partial charge is 0.481 e. The lowest BCUT2D eigenvalue weighted by molar-refractivity contribution is -0.138. The third-order valence-corrected chi connectivity index (χ3v) is 2.26. The van der Waals surface area contributed by atoms with Crippen molar-refractivity contribution in [3.63, 3.8) is 0 Å². The minimum absolute atomic E-state index is 0.230. The predicted octanol–water partition coefficient (Wildman–Crippen LogP) is -0.952. The normalized spacial score (nSPS) is 9.95. The summed E-state index contributed by atoms with van der Waals surface area (Å²) in [5.41, 5.74) is 0. The number of aromatic nitrogens is 3. The van der Waals surface area contributed by atoms with Gasteiger partial charge in [-0.3, -0.25) is 14.9 Å². The maximum absolute atomic E-state index is 11.3. The van der Waals surface area contributed by atoms with Crippen LogP contribution in [0.25, 0.3) is 0 Å². The molecule has 0 aliphatic rings. The highest BCUT2D eigenvalue weighted by atomic mass is 16.4. The van der Waals surface area contributed by atoms with E-state index in [1.54, 1.807) is 17.9 Å². The second-order valence-electron chi connectivity index (χ2n) is 3.81. The summed E-state index contributed by atoms with van der Waals surface area (Å²) < 4.78 is 1.72. The number of urea groups is 1. The fraction of sp³-hybridized carbons (Fsp3) is 0.500. The van der Waals surface area contributed by atoms with E-state index in [2.05, 4.69) is 15.5 Å². The first kappa shape index (κ1) is 14.6. The van der Waals surface area contributed by atoms with Crippen molar-refractivity contribution in [2.45, 2.75) is 19.3 Å². The molecule has 3 N–H and O–H groups in total. The lowest BCUT2D eigenvalue weighted by Crippen LogP contribution is -2.40. The lowest BCUT2D eigenvalue weighted by atomic mass is 10.3. The molecule has 0 bridgehead atoms. The first-order valence-electron chi connectivity index (χ1n) is 5.61. The summed E-state index contributed by atoms with van der Waals surface area (Å²) in [6.45, 7) is 0.296. The monoisotopic (exact) mass is 269 g/mol. The van der Waals surface area contributed by atoms with Gasteiger partial charge >= 0.3 is 12.0 Å². The third-order valence-electron chi connectivity index (χ3n) is 2.26. The van der Waals surface area contributed by atoms with Crippen molar-refractivity contribution in [2.24, 2.45) is 7.05 Å². The quantitative estimate of drug-likeness (QED) is 0.611. The zero-order valence-electron chi connectivity index (χ0n) is 10.4. The van der Waals surface area contributed by atoms with E-state index in [1.807, 2.05) is 5.32 Å². The molecule has 9 nitrogen and oxygen atoms in total. The molecule has 1 rings (SSSR count). The van der Waals surface area contributed by atoms with Gasteiger partial charge in [0.05, 0.1) is 6.42 Å². The number of rotatable bonds is 6. The maximum atomic E-state index is 11.3. The highest BCUT2D eigenvalue weighted by Gasteiger charge is 2.09. The molecule has 104 valence electrons. The zero-order chi connectivity index (χ0) is 14.3. The number of carbonyl (C=O) groups is 3. The Morgan fingerprint density at radius 1 is 1.37 bits per heavy atom. The maximum Gasteiger partial charge on any atom is 0.321 e. The molecule has 0 aliphatic heterocycles. The Kier molecular flexibility index (Phi) is 5.45. The number of carboxylic acids is 1. The van der Waals surface area contributed by atoms with Crippen molar-refractivity contribution in [3.8, 4) is 0 Å². The number of amides is 3. The highest BCUT2D eigenvalue weighted by Crippen LogP contribution is 1.91. The van der Waals surface area contributed by atoms with Crippen molar-refractivity contribution < 1.29 is 19.5 Å². The minimum Gasteiger partial charge on any atom is -0.481 e. The number of carbonyl (C=O) groups excluding carboxylic acids is 2. The summed E-state index contributed by atoms with van der Waals surface area (Å²) in [6.07, 6.45) is 1.49. The summed E-state index contributed by atoms with van der Waals surface area (Å²) in [7, 11) is 1.78. The third kappa shape index (κ3) is 5.61. The van der Waals surface area contributed by atoms with E-state index in [0.717, 1.165) is 0 Å². The number of hydrogen-bond donors (Lipinski definition) is 3. The molecular weight excluding hydrogens is 254 g/mol. The van der Waals surface area contributed by atoms with Crippen LogP contribution in [0.4, 0.5) is 4.79 Å². The highest BCUT2D eigenvalue weighted by molar-refractivity contribution is 5.95. The fourth-order valence-corrected chi connectivity index (χ4v) is 1.28. The standard InChI is InChI=1S/C10H15N5O4/c1-15-6-12-14-7(15)4-5-11-10(19)13-8(16)2-3-9(17)18/h6H,2-5H2,1H3,(H,17,18)(H2,11,13,16,19). The van der Waals surface area contributed by atoms with Gasteiger partial charge in [-0.15, -0.1) is 10.2 Å². The van der Waals surface area contributed by atoms with Gasteiger partial charge in [0, 0.05) is 26.4 Å². The molecule has 0 radical (unpaired) electrons. The van der Waals surface area contributed by atoms with Crippen LogP contribution in [-0.2, 0) is 23.1 Å². The summed E-state index contributed by atoms with van der Waals surface area (Å²) in [5.74, 6) is -1.01. The Morgan fingerprint density at radius 3 is 2.68 bits per heavy atom. The Morgan fingerprint density at radius 2 is 2.11 bits per heavy atom. The number of carboxylic acid groups (broad SMARTS) is 1. The summed E-state index contributed by atoms with van der Waals surface area (Å²) >= 11 is 0. The zero-order valence-corrected chi connectivity index (χ0v) is 10.4. The molecule has 0 fully saturated rings. The average Bonchev–Trinajstić information content (AvgIpc) is 2.72. The van der Waals surface area contributed by atoms with Crippen LogP contribution in [0, 0.1) is 0 Å². The molecule has 1 heterocycles. The van der Waals surface area contributed by atoms with E-state index in [4.69, 9.17) is 5.11 Å². The lowest BCUT2D eigenvalue weighted by Gasteiger charge is -2.05. The van der Waals surface area contributed by atoms with Crippen LogP contribution in [0.15, 0.2) is 6.33 Å². The molecule has 0 saturated carbocycles. The van der Waals surface area contributed by atoms with Gasteiger partial charge in [-0.2, -0.15) is 0 Å². The van der Waals surface area contributed by atoms with Crippen LogP contribution in [0.3, 0.4) is 0 Å². The smallest absolute Gasteiger partial charge is 0.321 e. The number of nitrogens with one attached hydrogen (secondary N) is 2. The summed E-state index contributed by atoms with van der Waals surface area (Å²) in [5, 5.41) is 20.4. The van der Waals surface area contributed by atoms with Gasteiger partial charge in [0.25, 0.3) is 0 Å². The van der Waals surface area contributed by atoms with Crippen LogP contribution in [0.5, 0.6) is 0 Å². The van der Waals surface area contributed by atoms with Gasteiger partial charge in [-0.05, 0) is 0 Å². The van der Waals surface area contributed by atoms with E-state index in [-0.39, 0.29) is 12.8 Å². The van der Waals surface area contributed by atoms with Crippen molar-refractivity contribution in [2.75, 3.05) is 6.54 Å². The fourth-order valence-electron chi connectivity index (χ4n) is 1.28. The Balaban J connectivity index is 2.19. The van der Waals surface area contributed by atoms with Gasteiger partial charge in [0.1, 0.15) is 12.2 Å². The summed E-state index contributed by atoms with van der Waals surface area (Å²) in [6, 6.07) is -0.655. The van der Waals surface area contributed by atoms with Gasteiger partial charge < -0.3 is 15.0 Å². The molecule has 1 aromatic heterocycles. The number of imide groups is 1. The van der Waals surface area contributed by atoms with Crippen molar-refractivity contribution in [3.05, 3.63) is 12.2 Å². The molecule has 0 unspecified atom stereocenters. The van der Waals surface area contributed by atoms with Crippen LogP contribution in [0.1, 0.15) is 18.7 Å². The molecule has 9 heteroatoms. The molecule has 19 heavy (non-hydrogen) atoms. The van der Waals surface area contributed by atoms with Gasteiger partial charge in [0.2, 0.25) is 5.91 Å². The second-order valence-corrected chi connectivity index (χ2v) is 3.81. The van der Waals surface area contributed by atoms with Gasteiger partial charge in [-0.25, -0.2) is 4.79 Å². The molecular formula is C10H15N5O4. The first-order chi connectivity index (χ1) is 8.99. The number of aliphatic carboxylic acids is 1. The number of aryl methyl sites for hydroxylation is 1. The van der Waals surface area contributed by atoms with Crippen molar-refractivity contribution in [1.82, 2.24) is 25.4 Å².